The zero-order chi connectivity index (χ0) is 13.7. The molecule has 0 atom stereocenters. The van der Waals surface area contributed by atoms with Crippen LogP contribution in [-0.2, 0) is 0 Å². The van der Waals surface area contributed by atoms with Crippen molar-refractivity contribution in [3.8, 4) is 0 Å². The fraction of sp³-hybridized carbons (Fsp3) is 0. The van der Waals surface area contributed by atoms with E-state index in [0.29, 0.717) is 10.6 Å². The second kappa shape index (κ2) is 6.68. The molecule has 0 aliphatic carbocycles. The summed E-state index contributed by atoms with van der Waals surface area (Å²) >= 11 is 7.97. The van der Waals surface area contributed by atoms with Crippen molar-refractivity contribution in [2.45, 2.75) is 0 Å². The summed E-state index contributed by atoms with van der Waals surface area (Å²) in [6, 6.07) is 14.4. The van der Waals surface area contributed by atoms with Crippen LogP contribution in [0.15, 0.2) is 53.6 Å². The van der Waals surface area contributed by atoms with E-state index in [4.69, 9.17) is 11.6 Å². The Labute approximate surface area is 129 Å². The summed E-state index contributed by atoms with van der Waals surface area (Å²) in [7, 11) is 0. The van der Waals surface area contributed by atoms with Crippen LogP contribution in [0.25, 0.3) is 0 Å². The van der Waals surface area contributed by atoms with Gasteiger partial charge in [0, 0.05) is 14.2 Å². The predicted molar refractivity (Wildman–Crippen MR) is 85.7 cm³/mol. The minimum atomic E-state index is -0.265. The van der Waals surface area contributed by atoms with E-state index >= 15 is 0 Å². The van der Waals surface area contributed by atoms with Gasteiger partial charge in [0.2, 0.25) is 0 Å². The molecular weight excluding hydrogens is 375 g/mol. The fourth-order valence-corrected chi connectivity index (χ4v) is 2.11. The Morgan fingerprint density at radius 2 is 1.95 bits per heavy atom. The number of hydrazone groups is 1. The minimum Gasteiger partial charge on any atom is -0.267 e. The summed E-state index contributed by atoms with van der Waals surface area (Å²) in [6.45, 7) is 0. The van der Waals surface area contributed by atoms with Crippen molar-refractivity contribution in [2.24, 2.45) is 5.10 Å². The van der Waals surface area contributed by atoms with E-state index in [9.17, 15) is 4.79 Å². The lowest BCUT2D eigenvalue weighted by molar-refractivity contribution is 0.0955. The van der Waals surface area contributed by atoms with Crippen LogP contribution in [-0.4, -0.2) is 12.1 Å². The zero-order valence-electron chi connectivity index (χ0n) is 9.81. The maximum atomic E-state index is 11.7. The number of carbonyl (C=O) groups is 1. The van der Waals surface area contributed by atoms with Crippen molar-refractivity contribution in [3.63, 3.8) is 0 Å². The molecule has 2 aromatic rings. The highest BCUT2D eigenvalue weighted by Gasteiger charge is 2.02. The SMILES string of the molecule is O=C(NN=Cc1cccc(I)c1)c1ccc(Cl)cc1. The molecule has 3 nitrogen and oxygen atoms in total. The molecule has 2 aromatic carbocycles. The molecule has 0 unspecified atom stereocenters. The van der Waals surface area contributed by atoms with Crippen LogP contribution in [0.4, 0.5) is 0 Å². The molecule has 1 amide bonds. The predicted octanol–water partition coefficient (Wildman–Crippen LogP) is 3.71. The molecule has 0 saturated heterocycles. The topological polar surface area (TPSA) is 41.5 Å². The van der Waals surface area contributed by atoms with Crippen LogP contribution < -0.4 is 5.43 Å². The third-order valence-corrected chi connectivity index (χ3v) is 3.26. The number of nitrogens with one attached hydrogen (secondary N) is 1. The van der Waals surface area contributed by atoms with Crippen molar-refractivity contribution in [3.05, 3.63) is 68.3 Å². The Morgan fingerprint density at radius 3 is 2.63 bits per heavy atom. The third kappa shape index (κ3) is 4.33. The number of hydrogen-bond acceptors (Lipinski definition) is 2. The van der Waals surface area contributed by atoms with Crippen molar-refractivity contribution < 1.29 is 4.79 Å². The number of hydrogen-bond donors (Lipinski definition) is 1. The number of nitrogens with zero attached hydrogens (tertiary/aromatic N) is 1. The first kappa shape index (κ1) is 14.0. The summed E-state index contributed by atoms with van der Waals surface area (Å²) in [5.41, 5.74) is 3.92. The molecule has 5 heteroatoms. The lowest BCUT2D eigenvalue weighted by Gasteiger charge is -1.99. The molecule has 96 valence electrons. The van der Waals surface area contributed by atoms with Gasteiger partial charge in [-0.25, -0.2) is 5.43 Å². The highest BCUT2D eigenvalue weighted by molar-refractivity contribution is 14.1. The summed E-state index contributed by atoms with van der Waals surface area (Å²) in [4.78, 5) is 11.7. The van der Waals surface area contributed by atoms with Crippen LogP contribution >= 0.6 is 34.2 Å². The summed E-state index contributed by atoms with van der Waals surface area (Å²) in [5, 5.41) is 4.52. The summed E-state index contributed by atoms with van der Waals surface area (Å²) in [5.74, 6) is -0.265. The van der Waals surface area contributed by atoms with E-state index in [0.717, 1.165) is 9.13 Å². The van der Waals surface area contributed by atoms with Crippen LogP contribution in [0.5, 0.6) is 0 Å². The third-order valence-electron chi connectivity index (χ3n) is 2.33. The quantitative estimate of drug-likeness (QED) is 0.489. The van der Waals surface area contributed by atoms with Gasteiger partial charge in [-0.15, -0.1) is 0 Å². The van der Waals surface area contributed by atoms with E-state index in [1.165, 1.54) is 0 Å². The maximum absolute atomic E-state index is 11.7. The maximum Gasteiger partial charge on any atom is 0.271 e. The second-order valence-electron chi connectivity index (χ2n) is 3.76. The largest absolute Gasteiger partial charge is 0.271 e. The van der Waals surface area contributed by atoms with Gasteiger partial charge in [0.25, 0.3) is 5.91 Å². The number of benzene rings is 2. The van der Waals surface area contributed by atoms with E-state index in [1.54, 1.807) is 30.5 Å². The number of amides is 1. The van der Waals surface area contributed by atoms with E-state index in [1.807, 2.05) is 24.3 Å². The molecule has 2 rings (SSSR count). The van der Waals surface area contributed by atoms with E-state index < -0.39 is 0 Å². The Bertz CT molecular complexity index is 611. The van der Waals surface area contributed by atoms with Gasteiger partial charge in [-0.2, -0.15) is 5.10 Å². The first-order valence-electron chi connectivity index (χ1n) is 5.50. The van der Waals surface area contributed by atoms with Gasteiger partial charge in [0.1, 0.15) is 0 Å². The molecule has 0 aliphatic heterocycles. The van der Waals surface area contributed by atoms with Crippen molar-refractivity contribution in [1.82, 2.24) is 5.43 Å². The summed E-state index contributed by atoms with van der Waals surface area (Å²) in [6.07, 6.45) is 1.61. The van der Waals surface area contributed by atoms with Gasteiger partial charge in [-0.3, -0.25) is 4.79 Å². The molecule has 0 heterocycles. The molecule has 0 aromatic heterocycles. The molecule has 1 N–H and O–H groups in total. The summed E-state index contributed by atoms with van der Waals surface area (Å²) < 4.78 is 1.12. The minimum absolute atomic E-state index is 0.265. The Hall–Kier alpha value is -1.40. The van der Waals surface area contributed by atoms with Crippen molar-refractivity contribution in [2.75, 3.05) is 0 Å². The molecular formula is C14H10ClIN2O. The van der Waals surface area contributed by atoms with E-state index in [-0.39, 0.29) is 5.91 Å². The second-order valence-corrected chi connectivity index (χ2v) is 5.44. The van der Waals surface area contributed by atoms with Crippen molar-refractivity contribution >= 4 is 46.3 Å². The van der Waals surface area contributed by atoms with Gasteiger partial charge in [0.05, 0.1) is 6.21 Å². The Kier molecular flexibility index (Phi) is 4.93. The highest BCUT2D eigenvalue weighted by Crippen LogP contribution is 2.09. The number of rotatable bonds is 3. The molecule has 0 spiro atoms. The van der Waals surface area contributed by atoms with Crippen LogP contribution in [0.2, 0.25) is 5.02 Å². The zero-order valence-corrected chi connectivity index (χ0v) is 12.7. The normalized spacial score (nSPS) is 10.6. The number of halogens is 2. The average molecular weight is 385 g/mol. The van der Waals surface area contributed by atoms with E-state index in [2.05, 4.69) is 33.1 Å². The standard InChI is InChI=1S/C14H10ClIN2O/c15-12-6-4-11(5-7-12)14(19)18-17-9-10-2-1-3-13(16)8-10/h1-9H,(H,18,19). The highest BCUT2D eigenvalue weighted by atomic mass is 127. The van der Waals surface area contributed by atoms with Gasteiger partial charge >= 0.3 is 0 Å². The molecule has 0 saturated carbocycles. The molecule has 0 fully saturated rings. The van der Waals surface area contributed by atoms with Gasteiger partial charge in [-0.05, 0) is 64.6 Å². The molecule has 0 bridgehead atoms. The molecule has 19 heavy (non-hydrogen) atoms. The monoisotopic (exact) mass is 384 g/mol. The van der Waals surface area contributed by atoms with Gasteiger partial charge in [0.15, 0.2) is 0 Å². The average Bonchev–Trinajstić information content (AvgIpc) is 2.39. The Morgan fingerprint density at radius 1 is 1.21 bits per heavy atom. The first-order chi connectivity index (χ1) is 9.15. The van der Waals surface area contributed by atoms with Gasteiger partial charge < -0.3 is 0 Å². The smallest absolute Gasteiger partial charge is 0.267 e. The molecule has 0 radical (unpaired) electrons. The Balaban J connectivity index is 1.98. The van der Waals surface area contributed by atoms with Crippen molar-refractivity contribution in [1.29, 1.82) is 0 Å². The van der Waals surface area contributed by atoms with Gasteiger partial charge in [-0.1, -0.05) is 23.7 Å². The van der Waals surface area contributed by atoms with Crippen LogP contribution in [0.3, 0.4) is 0 Å². The van der Waals surface area contributed by atoms with Crippen LogP contribution in [0.1, 0.15) is 15.9 Å². The fourth-order valence-electron chi connectivity index (χ4n) is 1.42. The first-order valence-corrected chi connectivity index (χ1v) is 6.95. The lowest BCUT2D eigenvalue weighted by atomic mass is 10.2. The lowest BCUT2D eigenvalue weighted by Crippen LogP contribution is -2.17. The molecule has 0 aliphatic rings. The number of carbonyl (C=O) groups excluding carboxylic acids is 1. The van der Waals surface area contributed by atoms with Crippen LogP contribution in [0, 0.1) is 3.57 Å².